The molecule has 0 unspecified atom stereocenters. The van der Waals surface area contributed by atoms with Gasteiger partial charge in [-0.05, 0) is 44.0 Å². The summed E-state index contributed by atoms with van der Waals surface area (Å²) in [5, 5.41) is 17.7. The van der Waals surface area contributed by atoms with E-state index in [1.807, 2.05) is 24.3 Å². The zero-order valence-electron chi connectivity index (χ0n) is 14.6. The molecule has 0 aliphatic carbocycles. The fourth-order valence-electron chi connectivity index (χ4n) is 3.22. The van der Waals surface area contributed by atoms with Crippen molar-refractivity contribution in [2.24, 2.45) is 5.92 Å². The summed E-state index contributed by atoms with van der Waals surface area (Å²) in [5.41, 5.74) is 0.733. The van der Waals surface area contributed by atoms with Crippen molar-refractivity contribution in [3.8, 4) is 0 Å². The molecule has 1 aromatic heterocycles. The number of likely N-dealkylation sites (tertiary alicyclic amines) is 1. The Labute approximate surface area is 148 Å². The van der Waals surface area contributed by atoms with E-state index in [9.17, 15) is 9.90 Å². The van der Waals surface area contributed by atoms with Gasteiger partial charge in [0.2, 0.25) is 0 Å². The molecule has 1 fully saturated rings. The number of benzene rings is 1. The Morgan fingerprint density at radius 3 is 2.96 bits per heavy atom. The quantitative estimate of drug-likeness (QED) is 0.780. The van der Waals surface area contributed by atoms with Crippen molar-refractivity contribution >= 4 is 22.5 Å². The average molecular weight is 342 g/mol. The molecule has 3 N–H and O–H groups in total. The number of β-amino-alcohol motifs (C(OH)–C–C–N with tert-alkyl or cyclic N) is 1. The predicted octanol–water partition coefficient (Wildman–Crippen LogP) is 2.45. The van der Waals surface area contributed by atoms with Crippen molar-refractivity contribution in [2.45, 2.75) is 25.9 Å². The molecule has 1 saturated heterocycles. The minimum atomic E-state index is -0.559. The minimum Gasteiger partial charge on any atom is -0.390 e. The van der Waals surface area contributed by atoms with Crippen molar-refractivity contribution in [3.05, 3.63) is 36.7 Å². The van der Waals surface area contributed by atoms with Crippen LogP contribution < -0.4 is 10.6 Å². The van der Waals surface area contributed by atoms with Crippen LogP contribution in [-0.4, -0.2) is 53.3 Å². The molecule has 0 saturated carbocycles. The van der Waals surface area contributed by atoms with Crippen LogP contribution in [0.1, 0.15) is 19.8 Å². The molecular formula is C19H26N4O2. The van der Waals surface area contributed by atoms with E-state index in [2.05, 4.69) is 27.4 Å². The first-order chi connectivity index (χ1) is 12.1. The van der Waals surface area contributed by atoms with Gasteiger partial charge in [0.25, 0.3) is 0 Å². The van der Waals surface area contributed by atoms with Crippen LogP contribution in [0.3, 0.4) is 0 Å². The Morgan fingerprint density at radius 1 is 1.36 bits per heavy atom. The Balaban J connectivity index is 1.47. The van der Waals surface area contributed by atoms with Gasteiger partial charge in [-0.15, -0.1) is 0 Å². The molecule has 2 heterocycles. The third kappa shape index (κ3) is 4.90. The van der Waals surface area contributed by atoms with Gasteiger partial charge in [0, 0.05) is 36.3 Å². The van der Waals surface area contributed by atoms with E-state index in [0.29, 0.717) is 6.54 Å². The van der Waals surface area contributed by atoms with Gasteiger partial charge >= 0.3 is 6.03 Å². The van der Waals surface area contributed by atoms with Gasteiger partial charge in [0.05, 0.1) is 11.8 Å². The summed E-state index contributed by atoms with van der Waals surface area (Å²) < 4.78 is 0. The van der Waals surface area contributed by atoms with Gasteiger partial charge in [-0.25, -0.2) is 4.79 Å². The van der Waals surface area contributed by atoms with E-state index in [-0.39, 0.29) is 12.6 Å². The number of nitrogens with zero attached hydrogens (tertiary/aromatic N) is 2. The van der Waals surface area contributed by atoms with Crippen molar-refractivity contribution < 1.29 is 9.90 Å². The maximum absolute atomic E-state index is 12.1. The highest BCUT2D eigenvalue weighted by Crippen LogP contribution is 2.22. The summed E-state index contributed by atoms with van der Waals surface area (Å²) in [6.07, 6.45) is 5.26. The summed E-state index contributed by atoms with van der Waals surface area (Å²) in [4.78, 5) is 18.5. The Hall–Kier alpha value is -2.18. The lowest BCUT2D eigenvalue weighted by Crippen LogP contribution is -2.43. The SMILES string of the molecule is CC1CCN(C[C@@H](O)CNC(=O)Nc2cccc3cnccc23)CC1. The standard InChI is InChI=1S/C19H26N4O2/c1-14-6-9-23(10-7-14)13-16(24)12-21-19(25)22-18-4-2-3-15-11-20-8-5-17(15)18/h2-5,8,11,14,16,24H,6-7,9-10,12-13H2,1H3,(H2,21,22,25)/t16-/m0/s1. The molecule has 0 spiro atoms. The third-order valence-corrected chi connectivity index (χ3v) is 4.77. The Morgan fingerprint density at radius 2 is 2.16 bits per heavy atom. The maximum Gasteiger partial charge on any atom is 0.319 e. The number of hydrogen-bond acceptors (Lipinski definition) is 4. The van der Waals surface area contributed by atoms with Gasteiger partial charge in [0.15, 0.2) is 0 Å². The largest absolute Gasteiger partial charge is 0.390 e. The highest BCUT2D eigenvalue weighted by molar-refractivity contribution is 6.01. The number of amides is 2. The number of rotatable bonds is 5. The number of nitrogens with one attached hydrogen (secondary N) is 2. The minimum absolute atomic E-state index is 0.240. The number of aliphatic hydroxyl groups excluding tert-OH is 1. The van der Waals surface area contributed by atoms with Gasteiger partial charge in [-0.1, -0.05) is 19.1 Å². The number of piperidine rings is 1. The number of carbonyl (C=O) groups is 1. The molecule has 25 heavy (non-hydrogen) atoms. The monoisotopic (exact) mass is 342 g/mol. The van der Waals surface area contributed by atoms with Crippen LogP contribution in [0.4, 0.5) is 10.5 Å². The highest BCUT2D eigenvalue weighted by Gasteiger charge is 2.18. The first-order valence-electron chi connectivity index (χ1n) is 8.90. The molecule has 1 aliphatic rings. The predicted molar refractivity (Wildman–Crippen MR) is 99.6 cm³/mol. The molecule has 0 bridgehead atoms. The molecule has 1 atom stereocenters. The van der Waals surface area contributed by atoms with Crippen LogP contribution in [0.5, 0.6) is 0 Å². The number of fused-ring (bicyclic) bond motifs is 1. The molecule has 3 rings (SSSR count). The fourth-order valence-corrected chi connectivity index (χ4v) is 3.22. The second kappa shape index (κ2) is 8.27. The summed E-state index contributed by atoms with van der Waals surface area (Å²) in [7, 11) is 0. The summed E-state index contributed by atoms with van der Waals surface area (Å²) in [5.74, 6) is 0.771. The van der Waals surface area contributed by atoms with Crippen LogP contribution in [0.2, 0.25) is 0 Å². The van der Waals surface area contributed by atoms with E-state index in [1.165, 1.54) is 12.8 Å². The maximum atomic E-state index is 12.1. The molecule has 1 aromatic carbocycles. The number of hydrogen-bond donors (Lipinski definition) is 3. The fraction of sp³-hybridized carbons (Fsp3) is 0.474. The Kier molecular flexibility index (Phi) is 5.83. The number of carbonyl (C=O) groups excluding carboxylic acids is 1. The van der Waals surface area contributed by atoms with Gasteiger partial charge < -0.3 is 20.6 Å². The van der Waals surface area contributed by atoms with Crippen molar-refractivity contribution in [1.29, 1.82) is 0 Å². The lowest BCUT2D eigenvalue weighted by molar-refractivity contribution is 0.0924. The molecule has 6 heteroatoms. The van der Waals surface area contributed by atoms with Crippen LogP contribution >= 0.6 is 0 Å². The van der Waals surface area contributed by atoms with Crippen molar-refractivity contribution in [3.63, 3.8) is 0 Å². The first kappa shape index (κ1) is 17.6. The molecule has 2 amide bonds. The van der Waals surface area contributed by atoms with Gasteiger partial charge in [0.1, 0.15) is 0 Å². The molecule has 0 radical (unpaired) electrons. The van der Waals surface area contributed by atoms with E-state index < -0.39 is 6.10 Å². The van der Waals surface area contributed by atoms with Crippen LogP contribution in [0.15, 0.2) is 36.7 Å². The van der Waals surface area contributed by atoms with Crippen molar-refractivity contribution in [1.82, 2.24) is 15.2 Å². The van der Waals surface area contributed by atoms with Crippen LogP contribution in [0, 0.1) is 5.92 Å². The van der Waals surface area contributed by atoms with E-state index in [0.717, 1.165) is 35.5 Å². The number of aromatic nitrogens is 1. The summed E-state index contributed by atoms with van der Waals surface area (Å²) in [6, 6.07) is 7.25. The van der Waals surface area contributed by atoms with Gasteiger partial charge in [-0.2, -0.15) is 0 Å². The number of aliphatic hydroxyl groups is 1. The summed E-state index contributed by atoms with van der Waals surface area (Å²) in [6.45, 7) is 5.16. The second-order valence-electron chi connectivity index (χ2n) is 6.87. The molecule has 6 nitrogen and oxygen atoms in total. The average Bonchev–Trinajstić information content (AvgIpc) is 2.62. The van der Waals surface area contributed by atoms with Crippen LogP contribution in [0.25, 0.3) is 10.8 Å². The second-order valence-corrected chi connectivity index (χ2v) is 6.87. The van der Waals surface area contributed by atoms with E-state index in [1.54, 1.807) is 12.4 Å². The lowest BCUT2D eigenvalue weighted by atomic mass is 9.99. The number of urea groups is 1. The zero-order chi connectivity index (χ0) is 17.6. The third-order valence-electron chi connectivity index (χ3n) is 4.77. The normalized spacial score (nSPS) is 17.4. The molecule has 1 aliphatic heterocycles. The number of pyridine rings is 1. The molecular weight excluding hydrogens is 316 g/mol. The first-order valence-corrected chi connectivity index (χ1v) is 8.90. The van der Waals surface area contributed by atoms with Crippen molar-refractivity contribution in [2.75, 3.05) is 31.5 Å². The van der Waals surface area contributed by atoms with Crippen LogP contribution in [-0.2, 0) is 0 Å². The Bertz CT molecular complexity index is 708. The van der Waals surface area contributed by atoms with E-state index >= 15 is 0 Å². The number of anilines is 1. The molecule has 2 aromatic rings. The smallest absolute Gasteiger partial charge is 0.319 e. The summed E-state index contributed by atoms with van der Waals surface area (Å²) >= 11 is 0. The topological polar surface area (TPSA) is 77.5 Å². The van der Waals surface area contributed by atoms with E-state index in [4.69, 9.17) is 0 Å². The van der Waals surface area contributed by atoms with Gasteiger partial charge in [-0.3, -0.25) is 4.98 Å². The lowest BCUT2D eigenvalue weighted by Gasteiger charge is -2.31. The highest BCUT2D eigenvalue weighted by atomic mass is 16.3. The zero-order valence-corrected chi connectivity index (χ0v) is 14.6. The molecule has 134 valence electrons.